The average Bonchev–Trinajstić information content (AvgIpc) is 2.53. The van der Waals surface area contributed by atoms with Gasteiger partial charge in [-0.15, -0.1) is 0 Å². The molecule has 0 aromatic rings. The average molecular weight is 399 g/mol. The number of rotatable bonds is 19. The van der Waals surface area contributed by atoms with Crippen LogP contribution in [0.4, 0.5) is 0 Å². The van der Waals surface area contributed by atoms with E-state index in [-0.39, 0.29) is 6.16 Å². The summed E-state index contributed by atoms with van der Waals surface area (Å²) in [7, 11) is -6.24. The first-order valence-corrected chi connectivity index (χ1v) is 13.2. The normalized spacial score (nSPS) is 12.2. The first kappa shape index (κ1) is 25.7. The third-order valence-electron chi connectivity index (χ3n) is 4.51. The molecule has 0 aliphatic rings. The van der Waals surface area contributed by atoms with Crippen molar-refractivity contribution in [1.82, 2.24) is 0 Å². The molecule has 0 aliphatic carbocycles. The standard InChI is InChI=1S/C18H41O5P2/c1-2-3-4-5-6-7-8-9-10-11-12-13-14-15-16-17-18-25(21,22)23-24(19)20/h19-22H,2-18H2,1H3/q+1. The van der Waals surface area contributed by atoms with Crippen LogP contribution in [0.5, 0.6) is 0 Å². The maximum Gasteiger partial charge on any atom is 0.415 e. The summed E-state index contributed by atoms with van der Waals surface area (Å²) in [6.07, 6.45) is 20.4. The van der Waals surface area contributed by atoms with Gasteiger partial charge in [0.15, 0.2) is 0 Å². The van der Waals surface area contributed by atoms with Crippen LogP contribution in [0.15, 0.2) is 0 Å². The van der Waals surface area contributed by atoms with E-state index in [9.17, 15) is 9.79 Å². The summed E-state index contributed by atoms with van der Waals surface area (Å²) in [6, 6.07) is 0. The van der Waals surface area contributed by atoms with Crippen molar-refractivity contribution in [2.24, 2.45) is 0 Å². The van der Waals surface area contributed by atoms with E-state index < -0.39 is 16.5 Å². The fourth-order valence-electron chi connectivity index (χ4n) is 3.02. The first-order valence-electron chi connectivity index (χ1n) is 10.2. The highest BCUT2D eigenvalue weighted by atomic mass is 31.3. The van der Waals surface area contributed by atoms with Crippen molar-refractivity contribution >= 4 is 16.5 Å². The van der Waals surface area contributed by atoms with Gasteiger partial charge in [-0.1, -0.05) is 101 Å². The summed E-state index contributed by atoms with van der Waals surface area (Å²) in [6.45, 7) is 2.26. The van der Waals surface area contributed by atoms with Crippen LogP contribution >= 0.6 is 16.5 Å². The van der Waals surface area contributed by atoms with Gasteiger partial charge in [0.05, 0.1) is 0 Å². The van der Waals surface area contributed by atoms with Gasteiger partial charge in [0.25, 0.3) is 0 Å². The van der Waals surface area contributed by atoms with Crippen LogP contribution in [0.25, 0.3) is 0 Å². The topological polar surface area (TPSA) is 90.2 Å². The van der Waals surface area contributed by atoms with Crippen molar-refractivity contribution in [3.8, 4) is 0 Å². The summed E-state index contributed by atoms with van der Waals surface area (Å²) in [5.41, 5.74) is 0. The van der Waals surface area contributed by atoms with Crippen LogP contribution in [-0.4, -0.2) is 25.7 Å². The Balaban J connectivity index is 3.17. The van der Waals surface area contributed by atoms with E-state index in [1.807, 2.05) is 0 Å². The Labute approximate surface area is 156 Å². The van der Waals surface area contributed by atoms with E-state index in [0.29, 0.717) is 6.42 Å². The zero-order chi connectivity index (χ0) is 18.8. The predicted molar refractivity (Wildman–Crippen MR) is 108 cm³/mol. The van der Waals surface area contributed by atoms with Crippen LogP contribution in [0.2, 0.25) is 0 Å². The molecule has 0 heterocycles. The van der Waals surface area contributed by atoms with Crippen LogP contribution < -0.4 is 0 Å². The van der Waals surface area contributed by atoms with Crippen LogP contribution in [0.1, 0.15) is 110 Å². The van der Waals surface area contributed by atoms with Crippen LogP contribution in [-0.2, 0) is 4.31 Å². The van der Waals surface area contributed by atoms with E-state index >= 15 is 0 Å². The zero-order valence-electron chi connectivity index (χ0n) is 16.1. The van der Waals surface area contributed by atoms with Gasteiger partial charge in [-0.3, -0.25) is 0 Å². The smallest absolute Gasteiger partial charge is 0.326 e. The highest BCUT2D eigenvalue weighted by Crippen LogP contribution is 2.59. The van der Waals surface area contributed by atoms with E-state index in [0.717, 1.165) is 12.8 Å². The fraction of sp³-hybridized carbons (Fsp3) is 1.00. The highest BCUT2D eigenvalue weighted by Gasteiger charge is 2.38. The molecule has 0 saturated heterocycles. The Kier molecular flexibility index (Phi) is 18.5. The van der Waals surface area contributed by atoms with Gasteiger partial charge in [0, 0.05) is 0 Å². The molecule has 0 amide bonds. The highest BCUT2D eigenvalue weighted by molar-refractivity contribution is 7.66. The second kappa shape index (κ2) is 18.0. The van der Waals surface area contributed by atoms with Crippen molar-refractivity contribution in [2.45, 2.75) is 110 Å². The largest absolute Gasteiger partial charge is 0.415 e. The second-order valence-electron chi connectivity index (χ2n) is 7.03. The minimum atomic E-state index is -3.56. The molecule has 152 valence electrons. The van der Waals surface area contributed by atoms with Gasteiger partial charge in [-0.2, -0.15) is 9.79 Å². The Morgan fingerprint density at radius 2 is 0.920 bits per heavy atom. The lowest BCUT2D eigenvalue weighted by Gasteiger charge is -2.10. The summed E-state index contributed by atoms with van der Waals surface area (Å²) in [4.78, 5) is 36.1. The lowest BCUT2D eigenvalue weighted by atomic mass is 10.0. The third kappa shape index (κ3) is 20.8. The SMILES string of the molecule is CCCCCCCCCCCCCCCCCC[P+](O)(O)OP(O)O. The maximum absolute atomic E-state index is 9.44. The number of hydrogen-bond donors (Lipinski definition) is 4. The summed E-state index contributed by atoms with van der Waals surface area (Å²) >= 11 is 0. The monoisotopic (exact) mass is 399 g/mol. The van der Waals surface area contributed by atoms with Crippen molar-refractivity contribution in [3.05, 3.63) is 0 Å². The van der Waals surface area contributed by atoms with Gasteiger partial charge in [0.1, 0.15) is 6.16 Å². The molecule has 0 aromatic carbocycles. The first-order chi connectivity index (χ1) is 12.0. The molecule has 7 heteroatoms. The molecule has 0 rings (SSSR count). The molecule has 0 saturated carbocycles. The van der Waals surface area contributed by atoms with E-state index in [1.54, 1.807) is 0 Å². The molecule has 0 aromatic heterocycles. The van der Waals surface area contributed by atoms with Gasteiger partial charge in [0.2, 0.25) is 0 Å². The number of unbranched alkanes of at least 4 members (excludes halogenated alkanes) is 15. The molecule has 0 spiro atoms. The minimum Gasteiger partial charge on any atom is -0.326 e. The van der Waals surface area contributed by atoms with E-state index in [1.165, 1.54) is 83.5 Å². The summed E-state index contributed by atoms with van der Waals surface area (Å²) in [5.74, 6) is 0. The lowest BCUT2D eigenvalue weighted by Crippen LogP contribution is -1.99. The molecule has 5 nitrogen and oxygen atoms in total. The molecule has 0 fully saturated rings. The Morgan fingerprint density at radius 3 is 1.24 bits per heavy atom. The lowest BCUT2D eigenvalue weighted by molar-refractivity contribution is 0.299. The van der Waals surface area contributed by atoms with Gasteiger partial charge in [-0.05, 0) is 12.8 Å². The van der Waals surface area contributed by atoms with E-state index in [4.69, 9.17) is 9.79 Å². The Hall–Kier alpha value is 0.660. The fourth-order valence-corrected chi connectivity index (χ4v) is 4.92. The Bertz CT molecular complexity index is 278. The van der Waals surface area contributed by atoms with Crippen LogP contribution in [0.3, 0.4) is 0 Å². The molecule has 4 N–H and O–H groups in total. The molecule has 0 bridgehead atoms. The van der Waals surface area contributed by atoms with Crippen LogP contribution in [0, 0.1) is 0 Å². The predicted octanol–water partition coefficient (Wildman–Crippen LogP) is 6.22. The minimum absolute atomic E-state index is 0.116. The quantitative estimate of drug-likeness (QED) is 0.153. The third-order valence-corrected chi connectivity index (χ3v) is 7.04. The van der Waals surface area contributed by atoms with Crippen molar-refractivity contribution < 1.29 is 23.9 Å². The molecular formula is C18H41O5P2+. The summed E-state index contributed by atoms with van der Waals surface area (Å²) in [5, 5.41) is 0. The van der Waals surface area contributed by atoms with Gasteiger partial charge < -0.3 is 9.79 Å². The molecule has 0 radical (unpaired) electrons. The second-order valence-corrected chi connectivity index (χ2v) is 9.96. The van der Waals surface area contributed by atoms with Crippen molar-refractivity contribution in [1.29, 1.82) is 0 Å². The van der Waals surface area contributed by atoms with Gasteiger partial charge in [-0.25, -0.2) is 0 Å². The molecule has 0 unspecified atom stereocenters. The Morgan fingerprint density at radius 1 is 0.600 bits per heavy atom. The maximum atomic E-state index is 9.44. The molecule has 0 atom stereocenters. The zero-order valence-corrected chi connectivity index (χ0v) is 17.9. The summed E-state index contributed by atoms with van der Waals surface area (Å²) < 4.78 is 4.36. The van der Waals surface area contributed by atoms with Crippen molar-refractivity contribution in [3.63, 3.8) is 0 Å². The molecular weight excluding hydrogens is 358 g/mol. The van der Waals surface area contributed by atoms with E-state index in [2.05, 4.69) is 11.2 Å². The molecule has 0 aliphatic heterocycles. The number of hydrogen-bond acceptors (Lipinski definition) is 5. The van der Waals surface area contributed by atoms with Crippen molar-refractivity contribution in [2.75, 3.05) is 6.16 Å². The van der Waals surface area contributed by atoms with Gasteiger partial charge >= 0.3 is 16.5 Å². The molecule has 25 heavy (non-hydrogen) atoms.